The molecule has 0 aromatic rings. The fraction of sp³-hybridized carbons (Fsp3) is 0.897. The van der Waals surface area contributed by atoms with Crippen molar-refractivity contribution >= 4 is 25.7 Å². The fourth-order valence-corrected chi connectivity index (χ4v) is 10.9. The van der Waals surface area contributed by atoms with Crippen molar-refractivity contribution in [3.63, 3.8) is 0 Å². The zero-order valence-electron chi connectivity index (χ0n) is 52.6. The minimum absolute atomic E-state index is 0.171. The maximum Gasteiger partial charge on any atom is 0.472 e. The summed E-state index contributed by atoms with van der Waals surface area (Å²) in [5, 5.41) is 9.86. The highest BCUT2D eigenvalue weighted by atomic mass is 31.2. The van der Waals surface area contributed by atoms with Gasteiger partial charge in [-0.2, -0.15) is 0 Å². The third-order valence-electron chi connectivity index (χ3n) is 15.3. The van der Waals surface area contributed by atoms with Crippen LogP contribution in [0.5, 0.6) is 0 Å². The van der Waals surface area contributed by atoms with Crippen LogP contribution in [0.1, 0.15) is 355 Å². The average Bonchev–Trinajstić information content (AvgIpc) is 3.45. The second-order valence-corrected chi connectivity index (χ2v) is 24.8. The molecule has 3 atom stereocenters. The number of aliphatic hydroxyl groups excluding tert-OH is 1. The smallest absolute Gasteiger partial charge is 0.462 e. The minimum Gasteiger partial charge on any atom is -0.462 e. The van der Waals surface area contributed by atoms with Crippen molar-refractivity contribution in [2.45, 2.75) is 367 Å². The lowest BCUT2D eigenvalue weighted by molar-refractivity contribution is -0.161. The maximum absolute atomic E-state index is 13.0. The maximum atomic E-state index is 13.0. The van der Waals surface area contributed by atoms with Crippen LogP contribution in [0.4, 0.5) is 0 Å². The molecule has 0 radical (unpaired) electrons. The van der Waals surface area contributed by atoms with E-state index in [0.29, 0.717) is 19.3 Å². The van der Waals surface area contributed by atoms with E-state index in [1.165, 1.54) is 218 Å². The normalized spacial score (nSPS) is 13.3. The van der Waals surface area contributed by atoms with E-state index < -0.39 is 57.8 Å². The van der Waals surface area contributed by atoms with Crippen molar-refractivity contribution in [1.29, 1.82) is 0 Å². The molecule has 0 aliphatic heterocycles. The molecule has 0 aliphatic rings. The van der Waals surface area contributed by atoms with Gasteiger partial charge in [0.25, 0.3) is 0 Å². The van der Waals surface area contributed by atoms with Gasteiger partial charge in [0.2, 0.25) is 0 Å². The summed E-state index contributed by atoms with van der Waals surface area (Å²) in [6.07, 6.45) is 67.0. The van der Waals surface area contributed by atoms with Crippen LogP contribution in [0, 0.1) is 0 Å². The molecule has 12 heteroatoms. The number of phosphoric acid groups is 1. The fourth-order valence-electron chi connectivity index (χ4n) is 10.1. The van der Waals surface area contributed by atoms with Crippen molar-refractivity contribution in [2.75, 3.05) is 26.4 Å². The number of aliphatic hydroxyl groups is 1. The van der Waals surface area contributed by atoms with Crippen molar-refractivity contribution in [1.82, 2.24) is 0 Å². The molecule has 11 nitrogen and oxygen atoms in total. The van der Waals surface area contributed by atoms with E-state index in [1.807, 2.05) is 0 Å². The molecule has 0 fully saturated rings. The van der Waals surface area contributed by atoms with Gasteiger partial charge >= 0.3 is 25.7 Å². The lowest BCUT2D eigenvalue weighted by atomic mass is 10.0. The molecule has 0 aromatic carbocycles. The number of hydrogen-bond acceptors (Lipinski definition) is 10. The Hall–Kier alpha value is -2.04. The van der Waals surface area contributed by atoms with Gasteiger partial charge < -0.3 is 24.2 Å². The van der Waals surface area contributed by atoms with Crippen molar-refractivity contribution < 1.29 is 52.2 Å². The van der Waals surface area contributed by atoms with E-state index in [2.05, 4.69) is 45.1 Å². The highest BCUT2D eigenvalue weighted by molar-refractivity contribution is 7.47. The molecule has 0 aromatic heterocycles. The second-order valence-electron chi connectivity index (χ2n) is 23.3. The largest absolute Gasteiger partial charge is 0.472 e. The average molecular weight is 1150 g/mol. The molecule has 0 spiro atoms. The number of allylic oxidation sites excluding steroid dienone is 4. The first-order valence-electron chi connectivity index (χ1n) is 34.2. The van der Waals surface area contributed by atoms with Gasteiger partial charge in [0.15, 0.2) is 6.10 Å². The minimum atomic E-state index is -4.75. The van der Waals surface area contributed by atoms with Crippen molar-refractivity contribution in [2.24, 2.45) is 0 Å². The van der Waals surface area contributed by atoms with Crippen LogP contribution >= 0.6 is 7.82 Å². The van der Waals surface area contributed by atoms with Crippen LogP contribution < -0.4 is 0 Å². The quantitative estimate of drug-likeness (QED) is 0.0197. The Morgan fingerprint density at radius 3 is 0.863 bits per heavy atom. The van der Waals surface area contributed by atoms with Gasteiger partial charge in [-0.15, -0.1) is 0 Å². The monoisotopic (exact) mass is 1150 g/mol. The van der Waals surface area contributed by atoms with Gasteiger partial charge in [-0.3, -0.25) is 23.4 Å². The number of carbonyl (C=O) groups is 3. The molecule has 3 unspecified atom stereocenters. The van der Waals surface area contributed by atoms with Crippen LogP contribution in [-0.4, -0.2) is 66.5 Å². The molecule has 0 saturated heterocycles. The first-order chi connectivity index (χ1) is 39.2. The molecular weight excluding hydrogens is 1020 g/mol. The Labute approximate surface area is 493 Å². The Bertz CT molecular complexity index is 1440. The lowest BCUT2D eigenvalue weighted by Crippen LogP contribution is -2.30. The number of hydrogen-bond donors (Lipinski definition) is 2. The first kappa shape index (κ1) is 78.0. The number of ether oxygens (including phenoxy) is 3. The van der Waals surface area contributed by atoms with Crippen LogP contribution in [0.25, 0.3) is 0 Å². The van der Waals surface area contributed by atoms with E-state index in [0.717, 1.165) is 77.0 Å². The Morgan fingerprint density at radius 1 is 0.338 bits per heavy atom. The molecule has 472 valence electrons. The van der Waals surface area contributed by atoms with Crippen LogP contribution in [0.2, 0.25) is 0 Å². The van der Waals surface area contributed by atoms with Crippen molar-refractivity contribution in [3.05, 3.63) is 24.3 Å². The standard InChI is InChI=1S/C68H129O11P/c1-4-7-10-13-16-19-22-25-28-30-32-34-37-39-42-45-48-51-54-57-66(70)75-61-65(79-68(72)59-56-53-50-47-44-41-38-35-33-31-29-26-23-20-17-14-11-8-5-2)63-77-80(73,74)76-62-64(60-69)78-67(71)58-55-52-49-46-43-40-36-27-24-21-18-15-12-9-6-3/h26-27,29,36,64-65,69H,4-25,28,30-35,37-63H2,1-3H3,(H,73,74)/b29-26-,36-27-. The summed E-state index contributed by atoms with van der Waals surface area (Å²) >= 11 is 0. The van der Waals surface area contributed by atoms with E-state index in [1.54, 1.807) is 0 Å². The Morgan fingerprint density at radius 2 is 0.575 bits per heavy atom. The molecule has 2 N–H and O–H groups in total. The number of unbranched alkanes of at least 4 members (excludes halogenated alkanes) is 44. The third-order valence-corrected chi connectivity index (χ3v) is 16.3. The molecule has 80 heavy (non-hydrogen) atoms. The van der Waals surface area contributed by atoms with E-state index >= 15 is 0 Å². The summed E-state index contributed by atoms with van der Waals surface area (Å²) < 4.78 is 39.8. The Balaban J connectivity index is 4.65. The third kappa shape index (κ3) is 60.5. The van der Waals surface area contributed by atoms with E-state index in [9.17, 15) is 28.9 Å². The zero-order valence-corrected chi connectivity index (χ0v) is 53.5. The number of phosphoric ester groups is 1. The molecular formula is C68H129O11P. The number of esters is 3. The summed E-state index contributed by atoms with van der Waals surface area (Å²) in [5.41, 5.74) is 0. The molecule has 0 rings (SSSR count). The van der Waals surface area contributed by atoms with Gasteiger partial charge in [0, 0.05) is 19.3 Å². The second kappa shape index (κ2) is 63.0. The predicted octanol–water partition coefficient (Wildman–Crippen LogP) is 20.9. The summed E-state index contributed by atoms with van der Waals surface area (Å²) in [5.74, 6) is -1.44. The van der Waals surface area contributed by atoms with Crippen LogP contribution in [0.15, 0.2) is 24.3 Å². The van der Waals surface area contributed by atoms with Gasteiger partial charge in [0.05, 0.1) is 19.8 Å². The topological polar surface area (TPSA) is 155 Å². The first-order valence-corrected chi connectivity index (χ1v) is 35.7. The summed E-state index contributed by atoms with van der Waals surface area (Å²) in [4.78, 5) is 48.8. The van der Waals surface area contributed by atoms with Crippen LogP contribution in [0.3, 0.4) is 0 Å². The molecule has 0 aliphatic carbocycles. The van der Waals surface area contributed by atoms with Gasteiger partial charge in [-0.25, -0.2) is 4.57 Å². The molecule has 0 bridgehead atoms. The van der Waals surface area contributed by atoms with Gasteiger partial charge in [-0.05, 0) is 70.6 Å². The van der Waals surface area contributed by atoms with E-state index in [4.69, 9.17) is 23.3 Å². The van der Waals surface area contributed by atoms with Gasteiger partial charge in [0.1, 0.15) is 12.7 Å². The van der Waals surface area contributed by atoms with E-state index in [-0.39, 0.29) is 25.9 Å². The lowest BCUT2D eigenvalue weighted by Gasteiger charge is -2.21. The molecule has 0 saturated carbocycles. The van der Waals surface area contributed by atoms with Gasteiger partial charge in [-0.1, -0.05) is 289 Å². The SMILES string of the molecule is CCCCCCCC/C=C\CCCCCCCCCCCC(=O)OC(COC(=O)CCCCCCCCCCCCCCCCCCCCC)COP(=O)(O)OCC(CO)OC(=O)CCCCCCC/C=C\CCCCCCCC. The highest BCUT2D eigenvalue weighted by Crippen LogP contribution is 2.43. The number of carbonyl (C=O) groups excluding carboxylic acids is 3. The van der Waals surface area contributed by atoms with Crippen LogP contribution in [-0.2, 0) is 42.2 Å². The highest BCUT2D eigenvalue weighted by Gasteiger charge is 2.28. The predicted molar refractivity (Wildman–Crippen MR) is 335 cm³/mol. The Kier molecular flexibility index (Phi) is 61.4. The summed E-state index contributed by atoms with van der Waals surface area (Å²) in [6.45, 7) is 4.72. The number of rotatable bonds is 65. The zero-order chi connectivity index (χ0) is 58.3. The molecule has 0 heterocycles. The molecule has 0 amide bonds. The van der Waals surface area contributed by atoms with Crippen molar-refractivity contribution in [3.8, 4) is 0 Å². The summed E-state index contributed by atoms with van der Waals surface area (Å²) in [7, 11) is -4.75. The summed E-state index contributed by atoms with van der Waals surface area (Å²) in [6, 6.07) is 0.